The van der Waals surface area contributed by atoms with Gasteiger partial charge in [-0.2, -0.15) is 0 Å². The standard InChI is InChI=1S/C22H31NO4/c1-3-26-21-11-10-19(17-22(21)27-4-2)20(23(12-14-24)13-15-25)16-18-8-6-5-7-9-18/h5-11,17,20,24-25H,3-4,12-16H2,1-2H3. The van der Waals surface area contributed by atoms with Crippen molar-refractivity contribution < 1.29 is 19.7 Å². The highest BCUT2D eigenvalue weighted by Gasteiger charge is 2.22. The van der Waals surface area contributed by atoms with Crippen LogP contribution >= 0.6 is 0 Å². The Balaban J connectivity index is 2.39. The minimum Gasteiger partial charge on any atom is -0.490 e. The maximum Gasteiger partial charge on any atom is 0.161 e. The van der Waals surface area contributed by atoms with Crippen molar-refractivity contribution >= 4 is 0 Å². The van der Waals surface area contributed by atoms with E-state index in [2.05, 4.69) is 17.0 Å². The first-order valence-electron chi connectivity index (χ1n) is 9.62. The van der Waals surface area contributed by atoms with E-state index in [0.29, 0.717) is 26.3 Å². The van der Waals surface area contributed by atoms with Gasteiger partial charge in [0, 0.05) is 19.1 Å². The zero-order valence-corrected chi connectivity index (χ0v) is 16.3. The Morgan fingerprint density at radius 1 is 0.852 bits per heavy atom. The quantitative estimate of drug-likeness (QED) is 0.599. The molecular formula is C22H31NO4. The summed E-state index contributed by atoms with van der Waals surface area (Å²) in [4.78, 5) is 2.11. The van der Waals surface area contributed by atoms with Gasteiger partial charge in [-0.05, 0) is 43.5 Å². The van der Waals surface area contributed by atoms with Crippen LogP contribution in [0.25, 0.3) is 0 Å². The van der Waals surface area contributed by atoms with Gasteiger partial charge >= 0.3 is 0 Å². The number of hydrogen-bond acceptors (Lipinski definition) is 5. The van der Waals surface area contributed by atoms with E-state index < -0.39 is 0 Å². The number of aliphatic hydroxyl groups excluding tert-OH is 2. The van der Waals surface area contributed by atoms with Gasteiger partial charge in [0.1, 0.15) is 0 Å². The van der Waals surface area contributed by atoms with Gasteiger partial charge in [0.2, 0.25) is 0 Å². The fraction of sp³-hybridized carbons (Fsp3) is 0.455. The monoisotopic (exact) mass is 373 g/mol. The lowest BCUT2D eigenvalue weighted by atomic mass is 9.96. The molecular weight excluding hydrogens is 342 g/mol. The molecule has 2 rings (SSSR count). The van der Waals surface area contributed by atoms with E-state index in [1.54, 1.807) is 0 Å². The lowest BCUT2D eigenvalue weighted by molar-refractivity contribution is 0.121. The first kappa shape index (κ1) is 21.2. The molecule has 0 aromatic heterocycles. The zero-order chi connectivity index (χ0) is 19.5. The molecule has 27 heavy (non-hydrogen) atoms. The Labute approximate surface area is 162 Å². The summed E-state index contributed by atoms with van der Waals surface area (Å²) < 4.78 is 11.5. The number of nitrogens with zero attached hydrogens (tertiary/aromatic N) is 1. The molecule has 2 aromatic carbocycles. The lowest BCUT2D eigenvalue weighted by Gasteiger charge is -2.32. The topological polar surface area (TPSA) is 62.2 Å². The van der Waals surface area contributed by atoms with E-state index in [1.807, 2.05) is 50.2 Å². The van der Waals surface area contributed by atoms with E-state index in [4.69, 9.17) is 9.47 Å². The number of ether oxygens (including phenoxy) is 2. The van der Waals surface area contributed by atoms with Gasteiger partial charge in [0.25, 0.3) is 0 Å². The normalized spacial score (nSPS) is 12.2. The summed E-state index contributed by atoms with van der Waals surface area (Å²) in [6, 6.07) is 16.3. The van der Waals surface area contributed by atoms with Gasteiger partial charge in [0.05, 0.1) is 26.4 Å². The van der Waals surface area contributed by atoms with Crippen molar-refractivity contribution in [3.8, 4) is 11.5 Å². The molecule has 0 saturated carbocycles. The van der Waals surface area contributed by atoms with Crippen LogP contribution in [0.1, 0.15) is 31.0 Å². The SMILES string of the molecule is CCOc1ccc(C(Cc2ccccc2)N(CCO)CCO)cc1OCC. The molecule has 1 unspecified atom stereocenters. The van der Waals surface area contributed by atoms with Gasteiger partial charge in [0.15, 0.2) is 11.5 Å². The summed E-state index contributed by atoms with van der Waals surface area (Å²) in [5, 5.41) is 19.0. The third-order valence-corrected chi connectivity index (χ3v) is 4.44. The molecule has 5 heteroatoms. The van der Waals surface area contributed by atoms with Gasteiger partial charge in [-0.1, -0.05) is 36.4 Å². The average molecular weight is 373 g/mol. The van der Waals surface area contributed by atoms with Crippen LogP contribution in [0.2, 0.25) is 0 Å². The molecule has 0 spiro atoms. The molecule has 0 amide bonds. The minimum absolute atomic E-state index is 0.0154. The molecule has 0 radical (unpaired) electrons. The highest BCUT2D eigenvalue weighted by molar-refractivity contribution is 5.44. The van der Waals surface area contributed by atoms with Crippen molar-refractivity contribution in [3.63, 3.8) is 0 Å². The van der Waals surface area contributed by atoms with Gasteiger partial charge in [-0.25, -0.2) is 0 Å². The highest BCUT2D eigenvalue weighted by Crippen LogP contribution is 2.34. The molecule has 0 bridgehead atoms. The third kappa shape index (κ3) is 6.24. The minimum atomic E-state index is 0.0154. The summed E-state index contributed by atoms with van der Waals surface area (Å²) in [7, 11) is 0. The van der Waals surface area contributed by atoms with Crippen LogP contribution in [0.3, 0.4) is 0 Å². The molecule has 0 aliphatic rings. The summed E-state index contributed by atoms with van der Waals surface area (Å²) >= 11 is 0. The Hall–Kier alpha value is -2.08. The molecule has 5 nitrogen and oxygen atoms in total. The Kier molecular flexibility index (Phi) is 9.11. The van der Waals surface area contributed by atoms with E-state index in [0.717, 1.165) is 23.5 Å². The van der Waals surface area contributed by atoms with Crippen LogP contribution in [-0.2, 0) is 6.42 Å². The number of rotatable bonds is 12. The van der Waals surface area contributed by atoms with Crippen LogP contribution < -0.4 is 9.47 Å². The van der Waals surface area contributed by atoms with Crippen molar-refractivity contribution in [1.29, 1.82) is 0 Å². The van der Waals surface area contributed by atoms with Gasteiger partial charge in [-0.15, -0.1) is 0 Å². The van der Waals surface area contributed by atoms with E-state index in [1.165, 1.54) is 5.56 Å². The molecule has 2 N–H and O–H groups in total. The molecule has 0 aliphatic carbocycles. The maximum absolute atomic E-state index is 9.51. The highest BCUT2D eigenvalue weighted by atomic mass is 16.5. The van der Waals surface area contributed by atoms with E-state index in [-0.39, 0.29) is 19.3 Å². The second-order valence-corrected chi connectivity index (χ2v) is 6.26. The fourth-order valence-corrected chi connectivity index (χ4v) is 3.25. The Morgan fingerprint density at radius 2 is 1.48 bits per heavy atom. The van der Waals surface area contributed by atoms with Crippen molar-refractivity contribution in [2.45, 2.75) is 26.3 Å². The van der Waals surface area contributed by atoms with Crippen LogP contribution in [0.5, 0.6) is 11.5 Å². The van der Waals surface area contributed by atoms with Crippen LogP contribution in [0.15, 0.2) is 48.5 Å². The summed E-state index contributed by atoms with van der Waals surface area (Å²) in [6.07, 6.45) is 0.778. The van der Waals surface area contributed by atoms with Gasteiger partial charge < -0.3 is 19.7 Å². The van der Waals surface area contributed by atoms with Crippen LogP contribution in [0.4, 0.5) is 0 Å². The fourth-order valence-electron chi connectivity index (χ4n) is 3.25. The molecule has 2 aromatic rings. The lowest BCUT2D eigenvalue weighted by Crippen LogP contribution is -2.35. The van der Waals surface area contributed by atoms with Crippen LogP contribution in [-0.4, -0.2) is 54.6 Å². The molecule has 0 aliphatic heterocycles. The Morgan fingerprint density at radius 3 is 2.07 bits per heavy atom. The second kappa shape index (κ2) is 11.6. The Bertz CT molecular complexity index is 657. The third-order valence-electron chi connectivity index (χ3n) is 4.44. The summed E-state index contributed by atoms with van der Waals surface area (Å²) in [5.74, 6) is 1.46. The number of aliphatic hydroxyl groups is 2. The summed E-state index contributed by atoms with van der Waals surface area (Å²) in [5.41, 5.74) is 2.28. The first-order chi connectivity index (χ1) is 13.2. The zero-order valence-electron chi connectivity index (χ0n) is 16.3. The molecule has 0 fully saturated rings. The van der Waals surface area contributed by atoms with Crippen molar-refractivity contribution in [1.82, 2.24) is 4.90 Å². The molecule has 1 atom stereocenters. The predicted molar refractivity (Wildman–Crippen MR) is 107 cm³/mol. The number of hydrogen-bond donors (Lipinski definition) is 2. The average Bonchev–Trinajstić information content (AvgIpc) is 2.69. The molecule has 148 valence electrons. The molecule has 0 saturated heterocycles. The van der Waals surface area contributed by atoms with E-state index >= 15 is 0 Å². The van der Waals surface area contributed by atoms with Crippen molar-refractivity contribution in [2.24, 2.45) is 0 Å². The van der Waals surface area contributed by atoms with Crippen molar-refractivity contribution in [3.05, 3.63) is 59.7 Å². The largest absolute Gasteiger partial charge is 0.490 e. The smallest absolute Gasteiger partial charge is 0.161 e. The van der Waals surface area contributed by atoms with E-state index in [9.17, 15) is 10.2 Å². The number of benzene rings is 2. The summed E-state index contributed by atoms with van der Waals surface area (Å²) in [6.45, 7) is 6.11. The second-order valence-electron chi connectivity index (χ2n) is 6.26. The van der Waals surface area contributed by atoms with Crippen molar-refractivity contribution in [2.75, 3.05) is 39.5 Å². The van der Waals surface area contributed by atoms with Gasteiger partial charge in [-0.3, -0.25) is 4.90 Å². The maximum atomic E-state index is 9.51. The first-order valence-corrected chi connectivity index (χ1v) is 9.62. The van der Waals surface area contributed by atoms with Crippen LogP contribution in [0, 0.1) is 0 Å². The predicted octanol–water partition coefficient (Wildman–Crippen LogP) is 3.05. The molecule has 0 heterocycles.